The zero-order chi connectivity index (χ0) is 21.3. The first kappa shape index (κ1) is 20.9. The van der Waals surface area contributed by atoms with Crippen molar-refractivity contribution in [1.29, 1.82) is 0 Å². The van der Waals surface area contributed by atoms with Gasteiger partial charge < -0.3 is 15.5 Å². The molecule has 2 aliphatic rings. The molecule has 0 aromatic carbocycles. The minimum Gasteiger partial charge on any atom is -0.329 e. The van der Waals surface area contributed by atoms with Crippen molar-refractivity contribution < 1.29 is 22.8 Å². The van der Waals surface area contributed by atoms with Crippen LogP contribution in [0.4, 0.5) is 24.5 Å². The summed E-state index contributed by atoms with van der Waals surface area (Å²) in [6.07, 6.45) is -3.54. The zero-order valence-corrected chi connectivity index (χ0v) is 15.9. The summed E-state index contributed by atoms with van der Waals surface area (Å²) >= 11 is 0. The van der Waals surface area contributed by atoms with Crippen molar-refractivity contribution in [3.05, 3.63) is 16.6 Å². The van der Waals surface area contributed by atoms with Gasteiger partial charge >= 0.3 is 12.1 Å². The molecular weight excluding hydrogens is 393 g/mol. The van der Waals surface area contributed by atoms with Crippen LogP contribution in [0.25, 0.3) is 0 Å². The molecule has 0 aliphatic carbocycles. The van der Waals surface area contributed by atoms with Crippen LogP contribution < -0.4 is 21.3 Å². The number of aryl methyl sites for hydroxylation is 1. The fraction of sp³-hybridized carbons (Fsp3) is 0.588. The molecule has 0 saturated carbocycles. The predicted octanol–water partition coefficient (Wildman–Crippen LogP) is 0.157. The molecule has 1 fully saturated rings. The van der Waals surface area contributed by atoms with Crippen molar-refractivity contribution in [3.63, 3.8) is 0 Å². The lowest BCUT2D eigenvalue weighted by Crippen LogP contribution is -2.60. The molecule has 2 N–H and O–H groups in total. The van der Waals surface area contributed by atoms with Crippen LogP contribution in [0.2, 0.25) is 0 Å². The second-order valence-electron chi connectivity index (χ2n) is 6.81. The number of piperidine rings is 1. The highest BCUT2D eigenvalue weighted by molar-refractivity contribution is 5.81. The molecule has 1 aromatic heterocycles. The van der Waals surface area contributed by atoms with E-state index in [9.17, 15) is 22.8 Å². The van der Waals surface area contributed by atoms with Crippen LogP contribution in [0.1, 0.15) is 19.8 Å². The SMILES string of the molecule is CC#CCN1c2c(cnn(C)c2=O)N(OC(=O)C(F)(F)F)C1N1CCCC(N)C1. The van der Waals surface area contributed by atoms with Crippen LogP contribution >= 0.6 is 0 Å². The smallest absolute Gasteiger partial charge is 0.329 e. The highest BCUT2D eigenvalue weighted by atomic mass is 19.4. The van der Waals surface area contributed by atoms with Crippen LogP contribution in [-0.2, 0) is 16.7 Å². The zero-order valence-electron chi connectivity index (χ0n) is 15.9. The van der Waals surface area contributed by atoms with E-state index in [1.54, 1.807) is 11.8 Å². The quantitative estimate of drug-likeness (QED) is 0.699. The average molecular weight is 414 g/mol. The van der Waals surface area contributed by atoms with Crippen molar-refractivity contribution in [1.82, 2.24) is 14.7 Å². The number of fused-ring (bicyclic) bond motifs is 1. The average Bonchev–Trinajstić information content (AvgIpc) is 2.96. The molecular formula is C17H21F3N6O3. The molecule has 3 heterocycles. The monoisotopic (exact) mass is 414 g/mol. The molecule has 9 nitrogen and oxygen atoms in total. The number of halogens is 3. The van der Waals surface area contributed by atoms with E-state index in [0.717, 1.165) is 16.2 Å². The van der Waals surface area contributed by atoms with Gasteiger partial charge in [-0.3, -0.25) is 9.69 Å². The van der Waals surface area contributed by atoms with Crippen molar-refractivity contribution in [2.75, 3.05) is 29.6 Å². The number of alkyl halides is 3. The fourth-order valence-corrected chi connectivity index (χ4v) is 3.47. The Bertz CT molecular complexity index is 906. The molecule has 0 bridgehead atoms. The van der Waals surface area contributed by atoms with Gasteiger partial charge in [0.05, 0.1) is 12.7 Å². The number of anilines is 2. The first-order chi connectivity index (χ1) is 13.6. The summed E-state index contributed by atoms with van der Waals surface area (Å²) in [5.74, 6) is 3.14. The van der Waals surface area contributed by atoms with Crippen LogP contribution in [0, 0.1) is 11.8 Å². The van der Waals surface area contributed by atoms with Gasteiger partial charge in [-0.1, -0.05) is 5.92 Å². The number of hydrogen-bond donors (Lipinski definition) is 1. The third kappa shape index (κ3) is 4.01. The Morgan fingerprint density at radius 1 is 1.45 bits per heavy atom. The summed E-state index contributed by atoms with van der Waals surface area (Å²) < 4.78 is 39.8. The van der Waals surface area contributed by atoms with Gasteiger partial charge in [-0.25, -0.2) is 9.48 Å². The highest BCUT2D eigenvalue weighted by Gasteiger charge is 2.49. The van der Waals surface area contributed by atoms with Crippen molar-refractivity contribution in [3.8, 4) is 11.8 Å². The van der Waals surface area contributed by atoms with Gasteiger partial charge in [-0.05, 0) is 19.8 Å². The van der Waals surface area contributed by atoms with Crippen molar-refractivity contribution >= 4 is 17.3 Å². The summed E-state index contributed by atoms with van der Waals surface area (Å²) in [6, 6.07) is -0.201. The number of nitrogens with zero attached hydrogens (tertiary/aromatic N) is 5. The molecule has 0 radical (unpaired) electrons. The maximum Gasteiger partial charge on any atom is 0.493 e. The normalized spacial score (nSPS) is 22.1. The first-order valence-corrected chi connectivity index (χ1v) is 8.95. The summed E-state index contributed by atoms with van der Waals surface area (Å²) in [5.41, 5.74) is 5.52. The van der Waals surface area contributed by atoms with E-state index in [4.69, 9.17) is 10.6 Å². The van der Waals surface area contributed by atoms with Crippen LogP contribution in [0.5, 0.6) is 0 Å². The molecule has 2 unspecified atom stereocenters. The lowest BCUT2D eigenvalue weighted by Gasteiger charge is -2.41. The molecule has 12 heteroatoms. The number of hydroxylamine groups is 1. The molecule has 0 spiro atoms. The minimum atomic E-state index is -5.20. The summed E-state index contributed by atoms with van der Waals surface area (Å²) in [5, 5.41) is 4.65. The van der Waals surface area contributed by atoms with E-state index in [-0.39, 0.29) is 24.0 Å². The van der Waals surface area contributed by atoms with Crippen molar-refractivity contribution in [2.45, 2.75) is 38.3 Å². The Balaban J connectivity index is 2.10. The number of aromatic nitrogens is 2. The van der Waals surface area contributed by atoms with E-state index >= 15 is 0 Å². The van der Waals surface area contributed by atoms with Crippen LogP contribution in [0.15, 0.2) is 11.0 Å². The van der Waals surface area contributed by atoms with E-state index < -0.39 is 24.0 Å². The summed E-state index contributed by atoms with van der Waals surface area (Å²) in [7, 11) is 1.42. The fourth-order valence-electron chi connectivity index (χ4n) is 3.47. The molecule has 2 atom stereocenters. The summed E-state index contributed by atoms with van der Waals surface area (Å²) in [4.78, 5) is 32.3. The first-order valence-electron chi connectivity index (χ1n) is 8.95. The molecule has 2 aliphatic heterocycles. The van der Waals surface area contributed by atoms with E-state index in [1.807, 2.05) is 0 Å². The molecule has 1 saturated heterocycles. The maximum atomic E-state index is 12.9. The maximum absolute atomic E-state index is 12.9. The lowest BCUT2D eigenvalue weighted by molar-refractivity contribution is -0.203. The number of carbonyl (C=O) groups excluding carboxylic acids is 1. The predicted molar refractivity (Wildman–Crippen MR) is 97.5 cm³/mol. The van der Waals surface area contributed by atoms with Crippen LogP contribution in [0.3, 0.4) is 0 Å². The van der Waals surface area contributed by atoms with E-state index in [2.05, 4.69) is 16.9 Å². The topological polar surface area (TPSA) is 96.9 Å². The molecule has 29 heavy (non-hydrogen) atoms. The highest BCUT2D eigenvalue weighted by Crippen LogP contribution is 2.39. The Morgan fingerprint density at radius 2 is 2.17 bits per heavy atom. The second-order valence-corrected chi connectivity index (χ2v) is 6.81. The largest absolute Gasteiger partial charge is 0.493 e. The lowest BCUT2D eigenvalue weighted by atomic mass is 10.1. The van der Waals surface area contributed by atoms with E-state index in [1.165, 1.54) is 18.1 Å². The van der Waals surface area contributed by atoms with Gasteiger partial charge in [0.1, 0.15) is 11.4 Å². The Kier molecular flexibility index (Phi) is 5.72. The third-order valence-corrected chi connectivity index (χ3v) is 4.76. The number of likely N-dealkylation sites (tertiary alicyclic amines) is 1. The van der Waals surface area contributed by atoms with Gasteiger partial charge in [-0.15, -0.1) is 5.92 Å². The Hall–Kier alpha value is -2.78. The van der Waals surface area contributed by atoms with Gasteiger partial charge in [0.15, 0.2) is 6.29 Å². The number of rotatable bonds is 3. The van der Waals surface area contributed by atoms with Gasteiger partial charge in [0.2, 0.25) is 0 Å². The van der Waals surface area contributed by atoms with Gasteiger partial charge in [0, 0.05) is 26.2 Å². The van der Waals surface area contributed by atoms with E-state index in [0.29, 0.717) is 19.5 Å². The second kappa shape index (κ2) is 7.92. The number of hydrogen-bond acceptors (Lipinski definition) is 8. The summed E-state index contributed by atoms with van der Waals surface area (Å²) in [6.45, 7) is 2.49. The Labute approximate surface area is 164 Å². The van der Waals surface area contributed by atoms with Crippen LogP contribution in [-0.4, -0.2) is 58.8 Å². The molecule has 1 aromatic rings. The molecule has 0 amide bonds. The molecule has 158 valence electrons. The third-order valence-electron chi connectivity index (χ3n) is 4.76. The number of carbonyl (C=O) groups is 1. The minimum absolute atomic E-state index is 0.0345. The number of nitrogens with two attached hydrogens (primary N) is 1. The standard InChI is InChI=1S/C17H21F3N6O3/c1-3-4-8-25-13-12(9-22-23(2)14(13)27)26(29-15(28)17(18,19)20)16(25)24-7-5-6-11(21)10-24/h9,11,16H,5-8,10,21H2,1-2H3. The van der Waals surface area contributed by atoms with Crippen molar-refractivity contribution in [2.24, 2.45) is 12.8 Å². The van der Waals surface area contributed by atoms with Gasteiger partial charge in [0.25, 0.3) is 5.56 Å². The Morgan fingerprint density at radius 3 is 2.79 bits per heavy atom. The van der Waals surface area contributed by atoms with Gasteiger partial charge in [-0.2, -0.15) is 23.3 Å². The molecule has 3 rings (SSSR count).